The van der Waals surface area contributed by atoms with Crippen LogP contribution in [0.1, 0.15) is 24.2 Å². The number of aromatic carboxylic acids is 1. The summed E-state index contributed by atoms with van der Waals surface area (Å²) in [5.74, 6) is -1.97. The topological polar surface area (TPSA) is 74.7 Å². The summed E-state index contributed by atoms with van der Waals surface area (Å²) in [6, 6.07) is 1.64. The van der Waals surface area contributed by atoms with Gasteiger partial charge in [0, 0.05) is 21.0 Å². The number of carboxylic acid groups (broad SMARTS) is 1. The number of amides is 2. The summed E-state index contributed by atoms with van der Waals surface area (Å²) in [5.41, 5.74) is 0.433. The molecule has 1 aromatic rings. The highest BCUT2D eigenvalue weighted by atomic mass is 127. The molecule has 1 aromatic carbocycles. The summed E-state index contributed by atoms with van der Waals surface area (Å²) < 4.78 is 1.60. The van der Waals surface area contributed by atoms with Crippen LogP contribution in [-0.4, -0.2) is 22.9 Å². The second-order valence-electron chi connectivity index (χ2n) is 3.56. The second-order valence-corrected chi connectivity index (χ2v) is 6.96. The van der Waals surface area contributed by atoms with Crippen LogP contribution in [0.15, 0.2) is 6.07 Å². The van der Waals surface area contributed by atoms with E-state index in [0.717, 1.165) is 4.90 Å². The van der Waals surface area contributed by atoms with E-state index in [2.05, 4.69) is 0 Å². The number of imide groups is 1. The molecule has 0 aromatic heterocycles. The first-order valence-electron chi connectivity index (χ1n) is 4.90. The van der Waals surface area contributed by atoms with Crippen LogP contribution in [0.2, 0.25) is 0 Å². The van der Waals surface area contributed by atoms with Crippen LogP contribution in [-0.2, 0) is 9.59 Å². The van der Waals surface area contributed by atoms with Crippen molar-refractivity contribution in [1.82, 2.24) is 0 Å². The van der Waals surface area contributed by atoms with Crippen LogP contribution in [0, 0.1) is 10.7 Å². The standard InChI is InChI=1S/C11H8I3NO4/c1-4(16)15(5(2)17)10-7(13)3-6(12)8(9(10)14)11(18)19/h3H,1-2H3,(H,18,19). The molecule has 0 heterocycles. The average molecular weight is 599 g/mol. The predicted molar refractivity (Wildman–Crippen MR) is 95.4 cm³/mol. The molecule has 1 N–H and O–H groups in total. The monoisotopic (exact) mass is 599 g/mol. The van der Waals surface area contributed by atoms with Gasteiger partial charge in [-0.15, -0.1) is 0 Å². The number of nitrogens with zero attached hydrogens (tertiary/aromatic N) is 1. The number of anilines is 1. The van der Waals surface area contributed by atoms with Crippen molar-refractivity contribution in [1.29, 1.82) is 0 Å². The normalized spacial score (nSPS) is 10.2. The van der Waals surface area contributed by atoms with Crippen molar-refractivity contribution in [3.63, 3.8) is 0 Å². The number of benzene rings is 1. The molecule has 0 saturated heterocycles. The summed E-state index contributed by atoms with van der Waals surface area (Å²) in [6.45, 7) is 2.54. The predicted octanol–water partition coefficient (Wildman–Crippen LogP) is 3.10. The number of hydrogen-bond donors (Lipinski definition) is 1. The van der Waals surface area contributed by atoms with E-state index < -0.39 is 17.8 Å². The molecule has 0 saturated carbocycles. The van der Waals surface area contributed by atoms with Crippen molar-refractivity contribution in [3.05, 3.63) is 22.3 Å². The van der Waals surface area contributed by atoms with E-state index in [1.54, 1.807) is 6.07 Å². The largest absolute Gasteiger partial charge is 0.478 e. The summed E-state index contributed by atoms with van der Waals surface area (Å²) in [7, 11) is 0. The fraction of sp³-hybridized carbons (Fsp3) is 0.182. The molecule has 5 nitrogen and oxygen atoms in total. The molecule has 2 amide bonds. The van der Waals surface area contributed by atoms with Crippen LogP contribution in [0.25, 0.3) is 0 Å². The van der Waals surface area contributed by atoms with E-state index in [4.69, 9.17) is 0 Å². The molecule has 0 spiro atoms. The van der Waals surface area contributed by atoms with E-state index in [1.165, 1.54) is 13.8 Å². The molecule has 102 valence electrons. The molecule has 1 rings (SSSR count). The Kier molecular flexibility index (Phi) is 5.97. The van der Waals surface area contributed by atoms with Crippen LogP contribution >= 0.6 is 67.8 Å². The van der Waals surface area contributed by atoms with Crippen molar-refractivity contribution in [2.75, 3.05) is 4.90 Å². The Hall–Kier alpha value is 0.0200. The average Bonchev–Trinajstić information content (AvgIpc) is 2.21. The maximum atomic E-state index is 11.6. The molecule has 0 atom stereocenters. The van der Waals surface area contributed by atoms with Gasteiger partial charge in [-0.25, -0.2) is 9.69 Å². The van der Waals surface area contributed by atoms with Crippen LogP contribution < -0.4 is 4.90 Å². The fourth-order valence-corrected chi connectivity index (χ4v) is 5.83. The summed E-state index contributed by atoms with van der Waals surface area (Å²) in [6.07, 6.45) is 0. The summed E-state index contributed by atoms with van der Waals surface area (Å²) in [4.78, 5) is 35.5. The lowest BCUT2D eigenvalue weighted by atomic mass is 10.2. The lowest BCUT2D eigenvalue weighted by Crippen LogP contribution is -2.35. The molecule has 8 heteroatoms. The number of halogens is 3. The van der Waals surface area contributed by atoms with Crippen molar-refractivity contribution in [2.24, 2.45) is 0 Å². The van der Waals surface area contributed by atoms with Gasteiger partial charge in [0.2, 0.25) is 11.8 Å². The van der Waals surface area contributed by atoms with E-state index in [-0.39, 0.29) is 5.56 Å². The first-order chi connectivity index (χ1) is 8.68. The first kappa shape index (κ1) is 17.1. The molecule has 0 radical (unpaired) electrons. The Balaban J connectivity index is 3.68. The third-order valence-corrected chi connectivity index (χ3v) is 4.94. The highest BCUT2D eigenvalue weighted by Gasteiger charge is 2.26. The van der Waals surface area contributed by atoms with Crippen LogP contribution in [0.4, 0.5) is 5.69 Å². The third kappa shape index (κ3) is 3.56. The second kappa shape index (κ2) is 6.65. The number of hydrogen-bond acceptors (Lipinski definition) is 3. The van der Waals surface area contributed by atoms with E-state index in [1.807, 2.05) is 67.8 Å². The SMILES string of the molecule is CC(=O)N(C(C)=O)c1c(I)cc(I)c(C(=O)O)c1I. The zero-order chi connectivity index (χ0) is 14.9. The maximum absolute atomic E-state index is 11.6. The lowest BCUT2D eigenvalue weighted by Gasteiger charge is -2.22. The van der Waals surface area contributed by atoms with Gasteiger partial charge in [0.05, 0.1) is 14.8 Å². The molecule has 0 unspecified atom stereocenters. The van der Waals surface area contributed by atoms with E-state index >= 15 is 0 Å². The molecular formula is C11H8I3NO4. The zero-order valence-corrected chi connectivity index (χ0v) is 16.3. The van der Waals surface area contributed by atoms with Crippen LogP contribution in [0.3, 0.4) is 0 Å². The Labute approximate surface area is 150 Å². The van der Waals surface area contributed by atoms with Crippen molar-refractivity contribution < 1.29 is 19.5 Å². The molecule has 0 aliphatic heterocycles. The van der Waals surface area contributed by atoms with Gasteiger partial charge in [0.15, 0.2) is 0 Å². The quantitative estimate of drug-likeness (QED) is 0.531. The minimum atomic E-state index is -1.08. The van der Waals surface area contributed by atoms with Gasteiger partial charge >= 0.3 is 5.97 Å². The molecule has 0 bridgehead atoms. The Morgan fingerprint density at radius 1 is 1.05 bits per heavy atom. The Bertz CT molecular complexity index is 572. The van der Waals surface area contributed by atoms with E-state index in [9.17, 15) is 19.5 Å². The third-order valence-electron chi connectivity index (χ3n) is 2.21. The first-order valence-corrected chi connectivity index (χ1v) is 8.14. The van der Waals surface area contributed by atoms with Gasteiger partial charge in [-0.3, -0.25) is 9.59 Å². The van der Waals surface area contributed by atoms with Gasteiger partial charge in [0.1, 0.15) is 0 Å². The van der Waals surface area contributed by atoms with Gasteiger partial charge in [-0.2, -0.15) is 0 Å². The van der Waals surface area contributed by atoms with Gasteiger partial charge < -0.3 is 5.11 Å². The smallest absolute Gasteiger partial charge is 0.337 e. The van der Waals surface area contributed by atoms with Crippen molar-refractivity contribution >= 4 is 91.2 Å². The van der Waals surface area contributed by atoms with Crippen molar-refractivity contribution in [2.45, 2.75) is 13.8 Å². The zero-order valence-electron chi connectivity index (χ0n) is 9.83. The maximum Gasteiger partial charge on any atom is 0.337 e. The van der Waals surface area contributed by atoms with Gasteiger partial charge in [0.25, 0.3) is 0 Å². The molecule has 0 aliphatic carbocycles. The molecular weight excluding hydrogens is 591 g/mol. The highest BCUT2D eigenvalue weighted by Crippen LogP contribution is 2.34. The number of carboxylic acids is 1. The minimum absolute atomic E-state index is 0.101. The van der Waals surface area contributed by atoms with Crippen LogP contribution in [0.5, 0.6) is 0 Å². The van der Waals surface area contributed by atoms with E-state index in [0.29, 0.717) is 16.4 Å². The number of rotatable bonds is 2. The lowest BCUT2D eigenvalue weighted by molar-refractivity contribution is -0.124. The summed E-state index contributed by atoms with van der Waals surface area (Å²) in [5, 5.41) is 9.22. The van der Waals surface area contributed by atoms with Gasteiger partial charge in [-0.05, 0) is 73.8 Å². The highest BCUT2D eigenvalue weighted by molar-refractivity contribution is 14.1. The fourth-order valence-electron chi connectivity index (χ4n) is 1.52. The number of carbonyl (C=O) groups excluding carboxylic acids is 2. The van der Waals surface area contributed by atoms with Crippen molar-refractivity contribution in [3.8, 4) is 0 Å². The Morgan fingerprint density at radius 3 is 1.89 bits per heavy atom. The molecule has 19 heavy (non-hydrogen) atoms. The molecule has 0 aliphatic rings. The van der Waals surface area contributed by atoms with Gasteiger partial charge in [-0.1, -0.05) is 0 Å². The minimum Gasteiger partial charge on any atom is -0.478 e. The Morgan fingerprint density at radius 2 is 1.53 bits per heavy atom. The summed E-state index contributed by atoms with van der Waals surface area (Å²) >= 11 is 5.76. The number of carbonyl (C=O) groups is 3. The molecule has 0 fully saturated rings.